The van der Waals surface area contributed by atoms with Gasteiger partial charge in [-0.25, -0.2) is 0 Å². The Hall–Kier alpha value is -0.150. The molecule has 0 aromatic carbocycles. The average Bonchev–Trinajstić information content (AvgIpc) is 1.63. The molecule has 3 heteroatoms. The summed E-state index contributed by atoms with van der Waals surface area (Å²) in [6, 6.07) is 0. The Bertz CT molecular complexity index is 112. The molecule has 0 aliphatic rings. The second-order valence-electron chi connectivity index (χ2n) is 2.10. The molecule has 0 saturated carbocycles. The van der Waals surface area contributed by atoms with Crippen molar-refractivity contribution in [1.82, 2.24) is 0 Å². The van der Waals surface area contributed by atoms with E-state index in [0.717, 1.165) is 6.42 Å². The molecule has 0 aliphatic carbocycles. The minimum atomic E-state index is -1.89. The minimum Gasteiger partial charge on any atom is -0.772 e. The Kier molecular flexibility index (Phi) is 4.62. The molecule has 0 rings (SSSR count). The maximum atomic E-state index is 10.1. The van der Waals surface area contributed by atoms with Crippen molar-refractivity contribution >= 4 is 11.1 Å². The zero-order chi connectivity index (χ0) is 7.28. The first-order chi connectivity index (χ1) is 4.16. The molecule has 0 N–H and O–H groups in total. The number of allylic oxidation sites excluding steroid dienone is 1. The Morgan fingerprint density at radius 1 is 1.89 bits per heavy atom. The van der Waals surface area contributed by atoms with Crippen LogP contribution in [0.15, 0.2) is 12.7 Å². The summed E-state index contributed by atoms with van der Waals surface area (Å²) in [4.78, 5) is 0. The predicted molar refractivity (Wildman–Crippen MR) is 37.8 cm³/mol. The predicted octanol–water partition coefficient (Wildman–Crippen LogP) is 1.08. The molecule has 1 unspecified atom stereocenters. The highest BCUT2D eigenvalue weighted by Crippen LogP contribution is 2.02. The molecular formula is C6H11O2S-. The molecule has 0 spiro atoms. The quantitative estimate of drug-likeness (QED) is 0.441. The van der Waals surface area contributed by atoms with Crippen molar-refractivity contribution in [2.24, 2.45) is 5.92 Å². The fourth-order valence-electron chi connectivity index (χ4n) is 0.585. The van der Waals surface area contributed by atoms with E-state index in [1.807, 2.05) is 6.92 Å². The highest BCUT2D eigenvalue weighted by atomic mass is 32.2. The summed E-state index contributed by atoms with van der Waals surface area (Å²) >= 11 is -1.89. The Balaban J connectivity index is 3.37. The van der Waals surface area contributed by atoms with Gasteiger partial charge in [-0.1, -0.05) is 24.1 Å². The lowest BCUT2D eigenvalue weighted by atomic mass is 10.1. The minimum absolute atomic E-state index is 0.209. The molecule has 0 aliphatic heterocycles. The lowest BCUT2D eigenvalue weighted by Gasteiger charge is -2.09. The van der Waals surface area contributed by atoms with Crippen LogP contribution in [-0.4, -0.2) is 14.5 Å². The zero-order valence-corrected chi connectivity index (χ0v) is 6.32. The van der Waals surface area contributed by atoms with Gasteiger partial charge in [-0.3, -0.25) is 4.21 Å². The Labute approximate surface area is 58.3 Å². The highest BCUT2D eigenvalue weighted by molar-refractivity contribution is 7.79. The zero-order valence-electron chi connectivity index (χ0n) is 5.50. The lowest BCUT2D eigenvalue weighted by Crippen LogP contribution is -2.05. The van der Waals surface area contributed by atoms with E-state index >= 15 is 0 Å². The molecule has 9 heavy (non-hydrogen) atoms. The van der Waals surface area contributed by atoms with Crippen LogP contribution in [0, 0.1) is 5.92 Å². The molecule has 2 nitrogen and oxygen atoms in total. The lowest BCUT2D eigenvalue weighted by molar-refractivity contribution is 0.521. The summed E-state index contributed by atoms with van der Waals surface area (Å²) in [7, 11) is 0. The largest absolute Gasteiger partial charge is 0.772 e. The van der Waals surface area contributed by atoms with Crippen molar-refractivity contribution in [1.29, 1.82) is 0 Å². The maximum absolute atomic E-state index is 10.1. The second kappa shape index (κ2) is 4.70. The van der Waals surface area contributed by atoms with E-state index in [0.29, 0.717) is 0 Å². The average molecular weight is 147 g/mol. The van der Waals surface area contributed by atoms with Crippen LogP contribution in [0.1, 0.15) is 13.3 Å². The van der Waals surface area contributed by atoms with Gasteiger partial charge in [-0.05, 0) is 12.3 Å². The molecule has 0 amide bonds. The van der Waals surface area contributed by atoms with Crippen LogP contribution < -0.4 is 0 Å². The van der Waals surface area contributed by atoms with Gasteiger partial charge in [-0.15, -0.1) is 6.58 Å². The van der Waals surface area contributed by atoms with Crippen molar-refractivity contribution in [2.75, 3.05) is 5.75 Å². The van der Waals surface area contributed by atoms with Gasteiger partial charge in [0, 0.05) is 5.75 Å². The molecule has 0 saturated heterocycles. The van der Waals surface area contributed by atoms with E-state index in [4.69, 9.17) is 0 Å². The van der Waals surface area contributed by atoms with Crippen molar-refractivity contribution in [3.8, 4) is 0 Å². The Morgan fingerprint density at radius 3 is 2.78 bits per heavy atom. The van der Waals surface area contributed by atoms with Crippen molar-refractivity contribution in [2.45, 2.75) is 13.3 Å². The van der Waals surface area contributed by atoms with Gasteiger partial charge in [0.15, 0.2) is 0 Å². The molecule has 0 heterocycles. The monoisotopic (exact) mass is 147 g/mol. The van der Waals surface area contributed by atoms with Gasteiger partial charge in [-0.2, -0.15) is 0 Å². The fraction of sp³-hybridized carbons (Fsp3) is 0.667. The van der Waals surface area contributed by atoms with E-state index in [1.165, 1.54) is 0 Å². The van der Waals surface area contributed by atoms with Crippen molar-refractivity contribution in [3.63, 3.8) is 0 Å². The summed E-state index contributed by atoms with van der Waals surface area (Å²) in [5.74, 6) is 0.451. The first kappa shape index (κ1) is 8.85. The van der Waals surface area contributed by atoms with Gasteiger partial charge >= 0.3 is 0 Å². The van der Waals surface area contributed by atoms with E-state index in [-0.39, 0.29) is 11.7 Å². The van der Waals surface area contributed by atoms with Crippen molar-refractivity contribution < 1.29 is 8.76 Å². The van der Waals surface area contributed by atoms with Gasteiger partial charge < -0.3 is 4.55 Å². The van der Waals surface area contributed by atoms with Crippen LogP contribution in [0.5, 0.6) is 0 Å². The van der Waals surface area contributed by atoms with Crippen LogP contribution in [0.25, 0.3) is 0 Å². The smallest absolute Gasteiger partial charge is 0.0130 e. The van der Waals surface area contributed by atoms with E-state index in [9.17, 15) is 8.76 Å². The topological polar surface area (TPSA) is 40.1 Å². The third-order valence-corrected chi connectivity index (χ3v) is 1.83. The molecule has 0 fully saturated rings. The number of rotatable bonds is 4. The molecule has 0 bridgehead atoms. The standard InChI is InChI=1S/C6H12O2S/c1-3-4-6(2)5-9(7)8/h3,6H,1,4-5H2,2H3,(H,7,8)/p-1/t6-/m0/s1. The number of hydrogen-bond acceptors (Lipinski definition) is 2. The maximum Gasteiger partial charge on any atom is 0.0130 e. The fourth-order valence-corrected chi connectivity index (χ4v) is 1.19. The SMILES string of the molecule is C=CC[C@H](C)CS(=O)[O-]. The van der Waals surface area contributed by atoms with Crippen LogP contribution in [-0.2, 0) is 11.1 Å². The van der Waals surface area contributed by atoms with Gasteiger partial charge in [0.05, 0.1) is 0 Å². The first-order valence-corrected chi connectivity index (χ1v) is 4.08. The summed E-state index contributed by atoms with van der Waals surface area (Å²) in [5, 5.41) is 0. The van der Waals surface area contributed by atoms with Crippen LogP contribution in [0.2, 0.25) is 0 Å². The van der Waals surface area contributed by atoms with Gasteiger partial charge in [0.25, 0.3) is 0 Å². The van der Waals surface area contributed by atoms with Gasteiger partial charge in [0.1, 0.15) is 0 Å². The molecule has 0 aromatic heterocycles. The molecule has 0 radical (unpaired) electrons. The Morgan fingerprint density at radius 2 is 2.44 bits per heavy atom. The molecule has 54 valence electrons. The summed E-state index contributed by atoms with van der Waals surface area (Å²) < 4.78 is 20.1. The highest BCUT2D eigenvalue weighted by Gasteiger charge is 1.96. The van der Waals surface area contributed by atoms with E-state index in [1.54, 1.807) is 6.08 Å². The summed E-state index contributed by atoms with van der Waals surface area (Å²) in [5.41, 5.74) is 0. The second-order valence-corrected chi connectivity index (χ2v) is 3.04. The van der Waals surface area contributed by atoms with Crippen LogP contribution in [0.4, 0.5) is 0 Å². The van der Waals surface area contributed by atoms with Crippen LogP contribution in [0.3, 0.4) is 0 Å². The normalized spacial score (nSPS) is 16.7. The number of hydrogen-bond donors (Lipinski definition) is 0. The van der Waals surface area contributed by atoms with Crippen molar-refractivity contribution in [3.05, 3.63) is 12.7 Å². The molecule has 2 atom stereocenters. The third-order valence-electron chi connectivity index (χ3n) is 0.990. The van der Waals surface area contributed by atoms with E-state index in [2.05, 4.69) is 6.58 Å². The third kappa shape index (κ3) is 5.73. The van der Waals surface area contributed by atoms with Gasteiger partial charge in [0.2, 0.25) is 0 Å². The van der Waals surface area contributed by atoms with Crippen LogP contribution >= 0.6 is 0 Å². The molecule has 0 aromatic rings. The van der Waals surface area contributed by atoms with E-state index < -0.39 is 11.1 Å². The first-order valence-electron chi connectivity index (χ1n) is 2.83. The summed E-state index contributed by atoms with van der Waals surface area (Å²) in [6.07, 6.45) is 2.51. The summed E-state index contributed by atoms with van der Waals surface area (Å²) in [6.45, 7) is 5.39. The molecular weight excluding hydrogens is 136 g/mol.